The van der Waals surface area contributed by atoms with Gasteiger partial charge in [-0.1, -0.05) is 36.4 Å². The zero-order valence-electron chi connectivity index (χ0n) is 22.9. The average Bonchev–Trinajstić information content (AvgIpc) is 3.16. The number of ketones is 1. The predicted molar refractivity (Wildman–Crippen MR) is 157 cm³/mol. The van der Waals surface area contributed by atoms with E-state index in [0.717, 1.165) is 44.7 Å². The standard InChI is InChI=1S/C33H33N5O3/c39-32-21-26-20-24(23-37-16-18-38(19-17-37)27-10-13-34-14-11-27)6-7-25(26)8-9-30(32)36-33(40)31-22-29(12-15-35-31)41-28-4-2-1-3-5-28/h1-7,10-15,20,22,30H,8-9,16-19,21,23H2,(H,36,40)/t30-/m1/s1. The monoisotopic (exact) mass is 547 g/mol. The van der Waals surface area contributed by atoms with Gasteiger partial charge in [0.2, 0.25) is 0 Å². The van der Waals surface area contributed by atoms with E-state index in [1.807, 2.05) is 42.7 Å². The maximum Gasteiger partial charge on any atom is 0.270 e. The number of nitrogens with one attached hydrogen (secondary N) is 1. The Labute approximate surface area is 240 Å². The second-order valence-corrected chi connectivity index (χ2v) is 10.6. The molecule has 0 spiro atoms. The van der Waals surface area contributed by atoms with Crippen LogP contribution in [0.5, 0.6) is 11.5 Å². The van der Waals surface area contributed by atoms with Gasteiger partial charge in [-0.05, 0) is 59.9 Å². The number of pyridine rings is 2. The van der Waals surface area contributed by atoms with Crippen molar-refractivity contribution in [1.29, 1.82) is 0 Å². The van der Waals surface area contributed by atoms with Crippen LogP contribution in [0.3, 0.4) is 0 Å². The number of hydrogen-bond acceptors (Lipinski definition) is 7. The molecule has 1 fully saturated rings. The van der Waals surface area contributed by atoms with E-state index < -0.39 is 6.04 Å². The highest BCUT2D eigenvalue weighted by Crippen LogP contribution is 2.24. The number of fused-ring (bicyclic) bond motifs is 1. The summed E-state index contributed by atoms with van der Waals surface area (Å²) in [6.07, 6.45) is 6.83. The molecule has 1 aliphatic heterocycles. The molecule has 2 aromatic heterocycles. The third kappa shape index (κ3) is 6.61. The lowest BCUT2D eigenvalue weighted by molar-refractivity contribution is -0.120. The molecule has 0 unspecified atom stereocenters. The van der Waals surface area contributed by atoms with Gasteiger partial charge < -0.3 is 15.0 Å². The molecular weight excluding hydrogens is 514 g/mol. The van der Waals surface area contributed by atoms with Gasteiger partial charge in [0.05, 0.1) is 6.04 Å². The van der Waals surface area contributed by atoms with Crippen molar-refractivity contribution in [1.82, 2.24) is 20.2 Å². The first-order valence-electron chi connectivity index (χ1n) is 14.1. The second kappa shape index (κ2) is 12.3. The number of aryl methyl sites for hydroxylation is 1. The van der Waals surface area contributed by atoms with E-state index in [4.69, 9.17) is 4.74 Å². The van der Waals surface area contributed by atoms with Gasteiger partial charge in [-0.3, -0.25) is 24.5 Å². The quantitative estimate of drug-likeness (QED) is 0.342. The normalized spacial score (nSPS) is 17.4. The predicted octanol–water partition coefficient (Wildman–Crippen LogP) is 4.45. The summed E-state index contributed by atoms with van der Waals surface area (Å²) in [5, 5.41) is 2.93. The molecular formula is C33H33N5O3. The van der Waals surface area contributed by atoms with Crippen LogP contribution < -0.4 is 15.0 Å². The lowest BCUT2D eigenvalue weighted by atomic mass is 9.99. The number of hydrogen-bond donors (Lipinski definition) is 1. The van der Waals surface area contributed by atoms with Crippen molar-refractivity contribution in [2.24, 2.45) is 0 Å². The molecule has 1 N–H and O–H groups in total. The highest BCUT2D eigenvalue weighted by atomic mass is 16.5. The maximum atomic E-state index is 13.2. The van der Waals surface area contributed by atoms with Crippen LogP contribution in [0.1, 0.15) is 33.6 Å². The Kier molecular flexibility index (Phi) is 8.00. The summed E-state index contributed by atoms with van der Waals surface area (Å²) in [5.41, 5.74) is 4.90. The highest BCUT2D eigenvalue weighted by molar-refractivity contribution is 5.97. The Bertz CT molecular complexity index is 1500. The fraction of sp³-hybridized carbons (Fsp3) is 0.273. The molecule has 0 radical (unpaired) electrons. The topological polar surface area (TPSA) is 87.7 Å². The van der Waals surface area contributed by atoms with Crippen LogP contribution in [0.2, 0.25) is 0 Å². The Balaban J connectivity index is 1.05. The third-order valence-electron chi connectivity index (χ3n) is 7.78. The molecule has 0 saturated carbocycles. The maximum absolute atomic E-state index is 13.2. The third-order valence-corrected chi connectivity index (χ3v) is 7.78. The van der Waals surface area contributed by atoms with E-state index in [1.165, 1.54) is 16.8 Å². The fourth-order valence-electron chi connectivity index (χ4n) is 5.54. The number of benzene rings is 2. The Morgan fingerprint density at radius 1 is 0.878 bits per heavy atom. The minimum Gasteiger partial charge on any atom is -0.457 e. The van der Waals surface area contributed by atoms with Gasteiger partial charge in [0.15, 0.2) is 5.78 Å². The minimum atomic E-state index is -0.555. The SMILES string of the molecule is O=C(N[C@@H]1CCc2ccc(CN3CCN(c4ccncc4)CC3)cc2CC1=O)c1cc(Oc2ccccc2)ccn1. The molecule has 2 aromatic carbocycles. The summed E-state index contributed by atoms with van der Waals surface area (Å²) >= 11 is 0. The van der Waals surface area contributed by atoms with Crippen LogP contribution >= 0.6 is 0 Å². The van der Waals surface area contributed by atoms with E-state index in [2.05, 4.69) is 55.4 Å². The summed E-state index contributed by atoms with van der Waals surface area (Å²) in [4.78, 5) is 39.5. The number of ether oxygens (including phenoxy) is 1. The van der Waals surface area contributed by atoms with Crippen LogP contribution in [-0.2, 0) is 24.2 Å². The van der Waals surface area contributed by atoms with Crippen LogP contribution in [0.4, 0.5) is 5.69 Å². The van der Waals surface area contributed by atoms with Crippen molar-refractivity contribution in [3.8, 4) is 11.5 Å². The number of nitrogens with zero attached hydrogens (tertiary/aromatic N) is 4. The Hall–Kier alpha value is -4.56. The number of carbonyl (C=O) groups excluding carboxylic acids is 2. The van der Waals surface area contributed by atoms with Crippen molar-refractivity contribution in [3.05, 3.63) is 114 Å². The number of anilines is 1. The van der Waals surface area contributed by atoms with Crippen LogP contribution in [0.25, 0.3) is 0 Å². The molecule has 0 bridgehead atoms. The van der Waals surface area contributed by atoms with Crippen molar-refractivity contribution < 1.29 is 14.3 Å². The number of amides is 1. The molecule has 6 rings (SSSR count). The van der Waals surface area contributed by atoms with Gasteiger partial charge in [-0.15, -0.1) is 0 Å². The van der Waals surface area contributed by atoms with Crippen LogP contribution in [0.15, 0.2) is 91.4 Å². The average molecular weight is 548 g/mol. The number of piperazine rings is 1. The van der Waals surface area contributed by atoms with Crippen LogP contribution in [0, 0.1) is 0 Å². The first kappa shape index (κ1) is 26.7. The van der Waals surface area contributed by atoms with Crippen LogP contribution in [-0.4, -0.2) is 58.8 Å². The van der Waals surface area contributed by atoms with Crippen molar-refractivity contribution in [3.63, 3.8) is 0 Å². The van der Waals surface area contributed by atoms with E-state index in [-0.39, 0.29) is 17.4 Å². The molecule has 208 valence electrons. The van der Waals surface area contributed by atoms with Crippen molar-refractivity contribution >= 4 is 17.4 Å². The summed E-state index contributed by atoms with van der Waals surface area (Å²) < 4.78 is 5.84. The minimum absolute atomic E-state index is 0.0249. The lowest BCUT2D eigenvalue weighted by Crippen LogP contribution is -2.46. The van der Waals surface area contributed by atoms with E-state index in [9.17, 15) is 9.59 Å². The molecule has 8 nitrogen and oxygen atoms in total. The molecule has 1 atom stereocenters. The van der Waals surface area contributed by atoms with Gasteiger partial charge in [-0.25, -0.2) is 0 Å². The van der Waals surface area contributed by atoms with E-state index in [1.54, 1.807) is 18.3 Å². The first-order valence-corrected chi connectivity index (χ1v) is 14.1. The van der Waals surface area contributed by atoms with Gasteiger partial charge in [-0.2, -0.15) is 0 Å². The van der Waals surface area contributed by atoms with Gasteiger partial charge in [0.1, 0.15) is 17.2 Å². The van der Waals surface area contributed by atoms with Gasteiger partial charge in [0.25, 0.3) is 5.91 Å². The Morgan fingerprint density at radius 3 is 2.49 bits per heavy atom. The van der Waals surface area contributed by atoms with Gasteiger partial charge in [0, 0.05) is 69.5 Å². The van der Waals surface area contributed by atoms with E-state index >= 15 is 0 Å². The second-order valence-electron chi connectivity index (χ2n) is 10.6. The largest absolute Gasteiger partial charge is 0.457 e. The molecule has 41 heavy (non-hydrogen) atoms. The molecule has 8 heteroatoms. The summed E-state index contributed by atoms with van der Waals surface area (Å²) in [6, 6.07) is 22.7. The van der Waals surface area contributed by atoms with Crippen molar-refractivity contribution in [2.45, 2.75) is 31.8 Å². The smallest absolute Gasteiger partial charge is 0.270 e. The number of rotatable bonds is 7. The number of Topliss-reactive ketones (excluding diaryl/α,β-unsaturated/α-hetero) is 1. The zero-order chi connectivity index (χ0) is 28.0. The molecule has 1 saturated heterocycles. The van der Waals surface area contributed by atoms with Gasteiger partial charge >= 0.3 is 0 Å². The summed E-state index contributed by atoms with van der Waals surface area (Å²) in [7, 11) is 0. The summed E-state index contributed by atoms with van der Waals surface area (Å²) in [5.74, 6) is 0.840. The van der Waals surface area contributed by atoms with Crippen molar-refractivity contribution in [2.75, 3.05) is 31.1 Å². The molecule has 4 aromatic rings. The zero-order valence-corrected chi connectivity index (χ0v) is 22.9. The lowest BCUT2D eigenvalue weighted by Gasteiger charge is -2.36. The number of carbonyl (C=O) groups is 2. The molecule has 1 aliphatic carbocycles. The fourth-order valence-corrected chi connectivity index (χ4v) is 5.54. The molecule has 1 amide bonds. The molecule has 2 aliphatic rings. The Morgan fingerprint density at radius 2 is 1.68 bits per heavy atom. The highest BCUT2D eigenvalue weighted by Gasteiger charge is 2.27. The number of para-hydroxylation sites is 1. The first-order chi connectivity index (χ1) is 20.1. The number of aromatic nitrogens is 2. The summed E-state index contributed by atoms with van der Waals surface area (Å²) in [6.45, 7) is 4.78. The van der Waals surface area contributed by atoms with E-state index in [0.29, 0.717) is 24.3 Å². The molecule has 3 heterocycles.